The predicted octanol–water partition coefficient (Wildman–Crippen LogP) is 4.60. The zero-order valence-electron chi connectivity index (χ0n) is 18.2. The van der Waals surface area contributed by atoms with Crippen LogP contribution in [0, 0.1) is 0 Å². The summed E-state index contributed by atoms with van der Waals surface area (Å²) in [5.74, 6) is 1.41. The summed E-state index contributed by atoms with van der Waals surface area (Å²) in [6.07, 6.45) is 2.84. The van der Waals surface area contributed by atoms with Gasteiger partial charge < -0.3 is 19.7 Å². The van der Waals surface area contributed by atoms with Gasteiger partial charge in [-0.2, -0.15) is 0 Å². The molecule has 1 aromatic rings. The van der Waals surface area contributed by atoms with E-state index in [4.69, 9.17) is 9.47 Å². The van der Waals surface area contributed by atoms with E-state index >= 15 is 0 Å². The second-order valence-corrected chi connectivity index (χ2v) is 8.29. The summed E-state index contributed by atoms with van der Waals surface area (Å²) >= 11 is 0. The third-order valence-corrected chi connectivity index (χ3v) is 4.85. The van der Waals surface area contributed by atoms with Crippen LogP contribution in [0.5, 0.6) is 11.5 Å². The molecule has 1 fully saturated rings. The van der Waals surface area contributed by atoms with Crippen molar-refractivity contribution in [2.45, 2.75) is 59.4 Å². The van der Waals surface area contributed by atoms with Gasteiger partial charge in [0.2, 0.25) is 0 Å². The fraction of sp³-hybridized carbons (Fsp3) is 0.682. The zero-order chi connectivity index (χ0) is 20.6. The molecule has 1 aliphatic rings. The van der Waals surface area contributed by atoms with E-state index < -0.39 is 0 Å². The first-order valence-corrected chi connectivity index (χ1v) is 10.6. The van der Waals surface area contributed by atoms with Crippen molar-refractivity contribution in [2.75, 3.05) is 44.7 Å². The highest BCUT2D eigenvalue weighted by Crippen LogP contribution is 2.31. The minimum atomic E-state index is -0.0561. The molecule has 2 rings (SSSR count). The number of nitrogens with one attached hydrogen (secondary N) is 1. The molecule has 0 unspecified atom stereocenters. The van der Waals surface area contributed by atoms with Crippen LogP contribution in [-0.2, 0) is 0 Å². The van der Waals surface area contributed by atoms with E-state index in [1.54, 1.807) is 0 Å². The number of benzene rings is 1. The Bertz CT molecular complexity index is 628. The maximum Gasteiger partial charge on any atom is 0.321 e. The van der Waals surface area contributed by atoms with Gasteiger partial charge in [-0.25, -0.2) is 4.79 Å². The number of nitrogens with zero attached hydrogens (tertiary/aromatic N) is 2. The lowest BCUT2D eigenvalue weighted by Crippen LogP contribution is -2.44. The van der Waals surface area contributed by atoms with Crippen LogP contribution in [0.4, 0.5) is 10.5 Å². The molecule has 0 aromatic heterocycles. The molecule has 0 aliphatic carbocycles. The van der Waals surface area contributed by atoms with Crippen LogP contribution in [0.1, 0.15) is 53.9 Å². The van der Waals surface area contributed by atoms with Crippen molar-refractivity contribution < 1.29 is 14.3 Å². The highest BCUT2D eigenvalue weighted by atomic mass is 16.5. The Hall–Kier alpha value is -1.95. The molecule has 0 spiro atoms. The van der Waals surface area contributed by atoms with Crippen molar-refractivity contribution in [2.24, 2.45) is 0 Å². The third-order valence-electron chi connectivity index (χ3n) is 4.85. The zero-order valence-corrected chi connectivity index (χ0v) is 18.2. The molecule has 28 heavy (non-hydrogen) atoms. The molecule has 1 aromatic carbocycles. The van der Waals surface area contributed by atoms with Gasteiger partial charge in [0.05, 0.1) is 13.2 Å². The van der Waals surface area contributed by atoms with E-state index in [9.17, 15) is 4.79 Å². The summed E-state index contributed by atoms with van der Waals surface area (Å²) in [4.78, 5) is 17.1. The Kier molecular flexibility index (Phi) is 8.42. The molecule has 2 amide bonds. The van der Waals surface area contributed by atoms with Gasteiger partial charge in [-0.05, 0) is 52.2 Å². The lowest BCUT2D eigenvalue weighted by molar-refractivity contribution is 0.142. The van der Waals surface area contributed by atoms with Gasteiger partial charge >= 0.3 is 6.03 Å². The average molecular weight is 392 g/mol. The Labute approximate surface area is 170 Å². The molecule has 6 nitrogen and oxygen atoms in total. The average Bonchev–Trinajstić information content (AvgIpc) is 2.92. The molecule has 158 valence electrons. The Balaban J connectivity index is 2.02. The number of ether oxygens (including phenoxy) is 2. The second-order valence-electron chi connectivity index (χ2n) is 8.29. The van der Waals surface area contributed by atoms with Crippen LogP contribution in [0.3, 0.4) is 0 Å². The number of carbonyl (C=O) groups is 1. The normalized spacial score (nSPS) is 15.8. The van der Waals surface area contributed by atoms with Crippen LogP contribution in [-0.4, -0.2) is 60.8 Å². The monoisotopic (exact) mass is 391 g/mol. The molecule has 0 saturated carbocycles. The highest BCUT2D eigenvalue weighted by Gasteiger charge is 2.26. The molecular weight excluding hydrogens is 354 g/mol. The fourth-order valence-electron chi connectivity index (χ4n) is 3.24. The van der Waals surface area contributed by atoms with Crippen molar-refractivity contribution in [3.8, 4) is 11.5 Å². The number of urea groups is 1. The van der Waals surface area contributed by atoms with E-state index in [0.29, 0.717) is 19.0 Å². The van der Waals surface area contributed by atoms with Crippen LogP contribution in [0.25, 0.3) is 0 Å². The van der Waals surface area contributed by atoms with Gasteiger partial charge in [0.1, 0.15) is 0 Å². The lowest BCUT2D eigenvalue weighted by Gasteiger charge is -2.34. The number of hydrogen-bond acceptors (Lipinski definition) is 4. The quantitative estimate of drug-likeness (QED) is 0.738. The van der Waals surface area contributed by atoms with Gasteiger partial charge in [0.15, 0.2) is 11.5 Å². The van der Waals surface area contributed by atoms with Crippen molar-refractivity contribution >= 4 is 11.7 Å². The SMILES string of the molecule is CCCOc1ccc(NC(=O)N2CCCN(C(C)(C)C)CC2)cc1OCCC. The van der Waals surface area contributed by atoms with Crippen molar-refractivity contribution in [1.29, 1.82) is 0 Å². The van der Waals surface area contributed by atoms with E-state index in [2.05, 4.69) is 44.8 Å². The van der Waals surface area contributed by atoms with E-state index in [1.807, 2.05) is 23.1 Å². The summed E-state index contributed by atoms with van der Waals surface area (Å²) in [6.45, 7) is 15.5. The number of anilines is 1. The minimum absolute atomic E-state index is 0.0561. The van der Waals surface area contributed by atoms with Crippen LogP contribution in [0.2, 0.25) is 0 Å². The smallest absolute Gasteiger partial charge is 0.321 e. The largest absolute Gasteiger partial charge is 0.490 e. The fourth-order valence-corrected chi connectivity index (χ4v) is 3.24. The summed E-state index contributed by atoms with van der Waals surface area (Å²) in [5, 5.41) is 3.03. The summed E-state index contributed by atoms with van der Waals surface area (Å²) in [6, 6.07) is 5.55. The van der Waals surface area contributed by atoms with Gasteiger partial charge in [-0.3, -0.25) is 4.90 Å². The molecule has 0 bridgehead atoms. The number of carbonyl (C=O) groups excluding carboxylic acids is 1. The predicted molar refractivity (Wildman–Crippen MR) is 115 cm³/mol. The molecule has 0 atom stereocenters. The van der Waals surface area contributed by atoms with Crippen molar-refractivity contribution in [3.63, 3.8) is 0 Å². The minimum Gasteiger partial charge on any atom is -0.490 e. The first kappa shape index (κ1) is 22.3. The molecule has 1 heterocycles. The van der Waals surface area contributed by atoms with Crippen LogP contribution >= 0.6 is 0 Å². The first-order valence-electron chi connectivity index (χ1n) is 10.6. The number of rotatable bonds is 7. The second kappa shape index (κ2) is 10.6. The first-order chi connectivity index (χ1) is 13.3. The maximum absolute atomic E-state index is 12.8. The van der Waals surface area contributed by atoms with Gasteiger partial charge in [-0.15, -0.1) is 0 Å². The lowest BCUT2D eigenvalue weighted by atomic mass is 10.1. The topological polar surface area (TPSA) is 54.0 Å². The third kappa shape index (κ3) is 6.59. The summed E-state index contributed by atoms with van der Waals surface area (Å²) < 4.78 is 11.6. The summed E-state index contributed by atoms with van der Waals surface area (Å²) in [7, 11) is 0. The van der Waals surface area contributed by atoms with Gasteiger partial charge in [-0.1, -0.05) is 13.8 Å². The molecule has 6 heteroatoms. The van der Waals surface area contributed by atoms with Crippen LogP contribution in [0.15, 0.2) is 18.2 Å². The Morgan fingerprint density at radius 2 is 1.68 bits per heavy atom. The molecule has 0 radical (unpaired) electrons. The number of hydrogen-bond donors (Lipinski definition) is 1. The van der Waals surface area contributed by atoms with Crippen molar-refractivity contribution in [3.05, 3.63) is 18.2 Å². The standard InChI is InChI=1S/C22H37N3O3/c1-6-15-27-19-10-9-18(17-20(19)28-16-7-2)23-21(26)24-11-8-12-25(14-13-24)22(3,4)5/h9-10,17H,6-8,11-16H2,1-5H3,(H,23,26). The van der Waals surface area contributed by atoms with E-state index in [1.165, 1.54) is 0 Å². The number of amides is 2. The maximum atomic E-state index is 12.8. The van der Waals surface area contributed by atoms with Crippen molar-refractivity contribution in [1.82, 2.24) is 9.80 Å². The molecular formula is C22H37N3O3. The van der Waals surface area contributed by atoms with Crippen LogP contribution < -0.4 is 14.8 Å². The van der Waals surface area contributed by atoms with Gasteiger partial charge in [0, 0.05) is 43.5 Å². The summed E-state index contributed by atoms with van der Waals surface area (Å²) in [5.41, 5.74) is 0.864. The van der Waals surface area contributed by atoms with Gasteiger partial charge in [0.25, 0.3) is 0 Å². The molecule has 1 N–H and O–H groups in total. The Morgan fingerprint density at radius 1 is 1.00 bits per heavy atom. The van der Waals surface area contributed by atoms with E-state index in [0.717, 1.165) is 56.9 Å². The van der Waals surface area contributed by atoms with E-state index in [-0.39, 0.29) is 11.6 Å². The highest BCUT2D eigenvalue weighted by molar-refractivity contribution is 5.89. The Morgan fingerprint density at radius 3 is 2.32 bits per heavy atom. The molecule has 1 saturated heterocycles. The molecule has 1 aliphatic heterocycles.